The molecular weight excluding hydrogens is 346 g/mol. The summed E-state index contributed by atoms with van der Waals surface area (Å²) in [7, 11) is 0. The molecule has 0 saturated carbocycles. The Labute approximate surface area is 159 Å². The fraction of sp³-hybridized carbons (Fsp3) is 0.619. The van der Waals surface area contributed by atoms with Gasteiger partial charge in [0, 0.05) is 29.0 Å². The number of hydrogen-bond donors (Lipinski definition) is 0. The molecular formula is C21H29NOS2. The van der Waals surface area contributed by atoms with Gasteiger partial charge in [-0.25, -0.2) is 0 Å². The van der Waals surface area contributed by atoms with E-state index in [4.69, 9.17) is 4.74 Å². The fourth-order valence-electron chi connectivity index (χ4n) is 4.68. The molecule has 2 aliphatic rings. The van der Waals surface area contributed by atoms with E-state index in [2.05, 4.69) is 53.1 Å². The highest BCUT2D eigenvalue weighted by molar-refractivity contribution is 7.09. The van der Waals surface area contributed by atoms with Crippen molar-refractivity contribution in [3.8, 4) is 0 Å². The van der Waals surface area contributed by atoms with Crippen LogP contribution in [0.2, 0.25) is 0 Å². The zero-order chi connectivity index (χ0) is 17.3. The topological polar surface area (TPSA) is 12.5 Å². The van der Waals surface area contributed by atoms with Crippen LogP contribution in [0.1, 0.15) is 50.0 Å². The van der Waals surface area contributed by atoms with E-state index in [0.717, 1.165) is 6.61 Å². The van der Waals surface area contributed by atoms with Gasteiger partial charge in [-0.15, -0.1) is 11.3 Å². The van der Waals surface area contributed by atoms with Crippen molar-refractivity contribution in [2.24, 2.45) is 5.41 Å². The van der Waals surface area contributed by atoms with Gasteiger partial charge in [0.2, 0.25) is 0 Å². The highest BCUT2D eigenvalue weighted by atomic mass is 32.1. The SMILES string of the molecule is CC(C)(c1ccsc1)N1CCC(CCc2cccs2)(C2CCCO2)C1. The van der Waals surface area contributed by atoms with Gasteiger partial charge in [-0.1, -0.05) is 6.07 Å². The smallest absolute Gasteiger partial charge is 0.0645 e. The van der Waals surface area contributed by atoms with E-state index in [1.165, 1.54) is 55.6 Å². The Bertz CT molecular complexity index is 658. The van der Waals surface area contributed by atoms with Gasteiger partial charge in [0.25, 0.3) is 0 Å². The summed E-state index contributed by atoms with van der Waals surface area (Å²) in [5.41, 5.74) is 1.90. The largest absolute Gasteiger partial charge is 0.378 e. The monoisotopic (exact) mass is 375 g/mol. The molecule has 2 aromatic heterocycles. The first-order chi connectivity index (χ1) is 12.1. The number of rotatable bonds is 6. The quantitative estimate of drug-likeness (QED) is 0.656. The van der Waals surface area contributed by atoms with E-state index in [1.807, 2.05) is 22.7 Å². The lowest BCUT2D eigenvalue weighted by atomic mass is 9.75. The molecule has 4 heteroatoms. The normalized spacial score (nSPS) is 28.0. The number of aryl methyl sites for hydroxylation is 1. The average molecular weight is 376 g/mol. The van der Waals surface area contributed by atoms with Crippen LogP contribution in [0.4, 0.5) is 0 Å². The first-order valence-corrected chi connectivity index (χ1v) is 11.3. The second-order valence-electron chi connectivity index (χ2n) is 8.19. The Morgan fingerprint density at radius 1 is 1.32 bits per heavy atom. The number of hydrogen-bond acceptors (Lipinski definition) is 4. The third kappa shape index (κ3) is 3.46. The van der Waals surface area contributed by atoms with Crippen molar-refractivity contribution in [1.82, 2.24) is 4.90 Å². The maximum absolute atomic E-state index is 6.24. The number of ether oxygens (including phenoxy) is 1. The Kier molecular flexibility index (Phi) is 5.07. The zero-order valence-electron chi connectivity index (χ0n) is 15.4. The van der Waals surface area contributed by atoms with Crippen LogP contribution < -0.4 is 0 Å². The zero-order valence-corrected chi connectivity index (χ0v) is 17.0. The average Bonchev–Trinajstić information content (AvgIpc) is 3.43. The molecule has 0 bridgehead atoms. The maximum atomic E-state index is 6.24. The van der Waals surface area contributed by atoms with Crippen molar-refractivity contribution < 1.29 is 4.74 Å². The molecule has 0 N–H and O–H groups in total. The summed E-state index contributed by atoms with van der Waals surface area (Å²) in [6.45, 7) is 8.10. The molecule has 2 unspecified atom stereocenters. The van der Waals surface area contributed by atoms with Crippen LogP contribution >= 0.6 is 22.7 Å². The fourth-order valence-corrected chi connectivity index (χ4v) is 6.21. The van der Waals surface area contributed by atoms with Crippen LogP contribution in [0.5, 0.6) is 0 Å². The van der Waals surface area contributed by atoms with E-state index in [9.17, 15) is 0 Å². The highest BCUT2D eigenvalue weighted by Crippen LogP contribution is 2.47. The molecule has 4 rings (SSSR count). The Morgan fingerprint density at radius 2 is 2.24 bits per heavy atom. The molecule has 2 aliphatic heterocycles. The molecule has 2 nitrogen and oxygen atoms in total. The van der Waals surface area contributed by atoms with Crippen molar-refractivity contribution in [2.75, 3.05) is 19.7 Å². The minimum Gasteiger partial charge on any atom is -0.378 e. The minimum absolute atomic E-state index is 0.114. The van der Waals surface area contributed by atoms with Gasteiger partial charge in [0.15, 0.2) is 0 Å². The van der Waals surface area contributed by atoms with E-state index in [0.29, 0.717) is 11.5 Å². The van der Waals surface area contributed by atoms with Gasteiger partial charge < -0.3 is 4.74 Å². The summed E-state index contributed by atoms with van der Waals surface area (Å²) in [5.74, 6) is 0. The lowest BCUT2D eigenvalue weighted by Gasteiger charge is -2.39. The molecule has 2 saturated heterocycles. The molecule has 0 aromatic carbocycles. The van der Waals surface area contributed by atoms with Gasteiger partial charge in [0.05, 0.1) is 6.10 Å². The highest BCUT2D eigenvalue weighted by Gasteiger charge is 2.49. The summed E-state index contributed by atoms with van der Waals surface area (Å²) in [6, 6.07) is 6.76. The number of likely N-dealkylation sites (tertiary alicyclic amines) is 1. The first-order valence-electron chi connectivity index (χ1n) is 9.52. The molecule has 136 valence electrons. The summed E-state index contributed by atoms with van der Waals surface area (Å²) >= 11 is 3.71. The lowest BCUT2D eigenvalue weighted by molar-refractivity contribution is -0.00819. The third-order valence-corrected chi connectivity index (χ3v) is 8.09. The van der Waals surface area contributed by atoms with Crippen LogP contribution in [0.3, 0.4) is 0 Å². The molecule has 4 heterocycles. The molecule has 0 amide bonds. The second-order valence-corrected chi connectivity index (χ2v) is 10.00. The van der Waals surface area contributed by atoms with Gasteiger partial charge in [-0.3, -0.25) is 4.90 Å². The standard InChI is InChI=1S/C21H29NOS2/c1-20(2,17-8-14-24-15-17)22-11-10-21(16-22,19-6-3-12-23-19)9-7-18-5-4-13-25-18/h4-5,8,13-15,19H,3,6-7,9-12,16H2,1-2H3. The third-order valence-electron chi connectivity index (χ3n) is 6.47. The minimum atomic E-state index is 0.114. The summed E-state index contributed by atoms with van der Waals surface area (Å²) < 4.78 is 6.24. The maximum Gasteiger partial charge on any atom is 0.0645 e. The second kappa shape index (κ2) is 7.15. The number of nitrogens with zero attached hydrogens (tertiary/aromatic N) is 1. The Hall–Kier alpha value is -0.680. The van der Waals surface area contributed by atoms with Crippen LogP contribution in [0.25, 0.3) is 0 Å². The Balaban J connectivity index is 1.53. The van der Waals surface area contributed by atoms with Gasteiger partial charge in [-0.2, -0.15) is 11.3 Å². The van der Waals surface area contributed by atoms with E-state index in [-0.39, 0.29) is 5.54 Å². The molecule has 2 atom stereocenters. The van der Waals surface area contributed by atoms with Crippen LogP contribution in [-0.2, 0) is 16.7 Å². The lowest BCUT2D eigenvalue weighted by Crippen LogP contribution is -2.44. The summed E-state index contributed by atoms with van der Waals surface area (Å²) in [5, 5.41) is 6.73. The van der Waals surface area contributed by atoms with Gasteiger partial charge >= 0.3 is 0 Å². The summed E-state index contributed by atoms with van der Waals surface area (Å²) in [4.78, 5) is 4.23. The van der Waals surface area contributed by atoms with Crippen molar-refractivity contribution >= 4 is 22.7 Å². The number of thiophene rings is 2. The molecule has 0 aliphatic carbocycles. The summed E-state index contributed by atoms with van der Waals surface area (Å²) in [6.07, 6.45) is 6.67. The molecule has 2 aromatic rings. The van der Waals surface area contributed by atoms with Crippen molar-refractivity contribution in [3.05, 3.63) is 44.8 Å². The van der Waals surface area contributed by atoms with Gasteiger partial charge in [0.1, 0.15) is 0 Å². The van der Waals surface area contributed by atoms with Crippen molar-refractivity contribution in [3.63, 3.8) is 0 Å². The van der Waals surface area contributed by atoms with Crippen LogP contribution in [0, 0.1) is 5.41 Å². The van der Waals surface area contributed by atoms with Gasteiger partial charge in [-0.05, 0) is 86.3 Å². The molecule has 0 spiro atoms. The Morgan fingerprint density at radius 3 is 2.92 bits per heavy atom. The molecule has 0 radical (unpaired) electrons. The first kappa shape index (κ1) is 17.7. The van der Waals surface area contributed by atoms with E-state index >= 15 is 0 Å². The van der Waals surface area contributed by atoms with E-state index < -0.39 is 0 Å². The predicted octanol–water partition coefficient (Wildman–Crippen LogP) is 5.55. The van der Waals surface area contributed by atoms with Crippen molar-refractivity contribution in [1.29, 1.82) is 0 Å². The van der Waals surface area contributed by atoms with Crippen LogP contribution in [-0.4, -0.2) is 30.7 Å². The van der Waals surface area contributed by atoms with Crippen molar-refractivity contribution in [2.45, 2.75) is 57.6 Å². The molecule has 25 heavy (non-hydrogen) atoms. The van der Waals surface area contributed by atoms with E-state index in [1.54, 1.807) is 0 Å². The van der Waals surface area contributed by atoms with Crippen LogP contribution in [0.15, 0.2) is 34.3 Å². The predicted molar refractivity (Wildman–Crippen MR) is 108 cm³/mol. The molecule has 2 fully saturated rings.